The number of nitrogens with zero attached hydrogens (tertiary/aromatic N) is 1. The van der Waals surface area contributed by atoms with Gasteiger partial charge in [0.2, 0.25) is 0 Å². The highest BCUT2D eigenvalue weighted by molar-refractivity contribution is 5.89. The molecule has 146 valence electrons. The minimum Gasteiger partial charge on any atom is -0.411 e. The van der Waals surface area contributed by atoms with E-state index in [4.69, 9.17) is 9.47 Å². The number of rotatable bonds is 0. The topological polar surface area (TPSA) is 71.3 Å². The minimum absolute atomic E-state index is 0.0936. The Hall–Kier alpha value is -0.650. The minimum atomic E-state index is -0.473. The molecular formula is C21H33NO4. The zero-order chi connectivity index (χ0) is 18.2. The molecule has 4 saturated carbocycles. The van der Waals surface area contributed by atoms with E-state index in [1.807, 2.05) is 0 Å². The molecule has 0 radical (unpaired) electrons. The van der Waals surface area contributed by atoms with Gasteiger partial charge in [0, 0.05) is 24.2 Å². The van der Waals surface area contributed by atoms with Crippen molar-refractivity contribution in [1.29, 1.82) is 0 Å². The van der Waals surface area contributed by atoms with Gasteiger partial charge in [-0.05, 0) is 61.7 Å². The predicted molar refractivity (Wildman–Crippen MR) is 97.0 cm³/mol. The van der Waals surface area contributed by atoms with Crippen LogP contribution in [0.1, 0.15) is 65.2 Å². The maximum Gasteiger partial charge on any atom is 0.174 e. The van der Waals surface area contributed by atoms with Crippen LogP contribution in [-0.2, 0) is 9.47 Å². The Labute approximate surface area is 156 Å². The summed E-state index contributed by atoms with van der Waals surface area (Å²) in [5.74, 6) is 1.53. The summed E-state index contributed by atoms with van der Waals surface area (Å²) in [6.45, 7) is 6.08. The summed E-state index contributed by atoms with van der Waals surface area (Å²) in [6, 6.07) is 0. The van der Waals surface area contributed by atoms with E-state index < -0.39 is 5.79 Å². The van der Waals surface area contributed by atoms with Crippen LogP contribution >= 0.6 is 0 Å². The standard InChI is InChI=1S/C21H33NO4/c1-19-7-5-14(23)11-13(19)3-4-15-16-6-8-21(25-9-10-26-21)20(16,2)12-17(22-24)18(15)19/h13-16,18,23-24H,3-12H2,1-2H3/b22-17-/t13-,14+,15-,16-,18+,19-,20-/m0/s1. The molecule has 5 fully saturated rings. The zero-order valence-electron chi connectivity index (χ0n) is 16.1. The number of hydrogen-bond acceptors (Lipinski definition) is 5. The van der Waals surface area contributed by atoms with Crippen molar-refractivity contribution in [2.45, 2.75) is 77.1 Å². The van der Waals surface area contributed by atoms with Crippen LogP contribution in [0.4, 0.5) is 0 Å². The molecule has 0 aromatic heterocycles. The molecule has 5 aliphatic rings. The molecule has 1 spiro atoms. The fourth-order valence-electron chi connectivity index (χ4n) is 8.06. The molecule has 26 heavy (non-hydrogen) atoms. The Bertz CT molecular complexity index is 615. The van der Waals surface area contributed by atoms with Crippen molar-refractivity contribution < 1.29 is 19.8 Å². The van der Waals surface area contributed by atoms with Crippen LogP contribution in [-0.4, -0.2) is 41.1 Å². The van der Waals surface area contributed by atoms with Gasteiger partial charge in [0.15, 0.2) is 5.79 Å². The van der Waals surface area contributed by atoms with E-state index >= 15 is 0 Å². The van der Waals surface area contributed by atoms with Crippen LogP contribution in [0.15, 0.2) is 5.16 Å². The first kappa shape index (κ1) is 17.4. The van der Waals surface area contributed by atoms with Crippen molar-refractivity contribution >= 4 is 5.71 Å². The SMILES string of the molecule is C[C@]12CC[C@@H](O)C[C@@H]1CC[C@@H]1[C@@H]2/C(=N\O)C[C@@]2(C)[C@H]1CCC21OCCO1. The van der Waals surface area contributed by atoms with Gasteiger partial charge >= 0.3 is 0 Å². The molecule has 4 aliphatic carbocycles. The van der Waals surface area contributed by atoms with Gasteiger partial charge in [-0.2, -0.15) is 0 Å². The quantitative estimate of drug-likeness (QED) is 0.510. The second kappa shape index (κ2) is 5.68. The first-order valence-electron chi connectivity index (χ1n) is 10.6. The number of aliphatic hydroxyl groups is 1. The van der Waals surface area contributed by atoms with Crippen molar-refractivity contribution in [2.24, 2.45) is 39.7 Å². The normalized spacial score (nSPS) is 54.1. The largest absolute Gasteiger partial charge is 0.411 e. The maximum absolute atomic E-state index is 10.2. The highest BCUT2D eigenvalue weighted by atomic mass is 16.7. The Morgan fingerprint density at radius 2 is 1.81 bits per heavy atom. The lowest BCUT2D eigenvalue weighted by Gasteiger charge is -2.61. The third-order valence-corrected chi connectivity index (χ3v) is 9.27. The number of fused-ring (bicyclic) bond motifs is 6. The van der Waals surface area contributed by atoms with Gasteiger partial charge in [-0.3, -0.25) is 0 Å². The molecule has 5 rings (SSSR count). The van der Waals surface area contributed by atoms with Crippen molar-refractivity contribution in [1.82, 2.24) is 0 Å². The van der Waals surface area contributed by atoms with Gasteiger partial charge in [-0.1, -0.05) is 19.0 Å². The van der Waals surface area contributed by atoms with Gasteiger partial charge in [-0.15, -0.1) is 0 Å². The van der Waals surface area contributed by atoms with Gasteiger partial charge in [0.05, 0.1) is 25.0 Å². The van der Waals surface area contributed by atoms with E-state index in [2.05, 4.69) is 19.0 Å². The molecule has 0 aromatic carbocycles. The molecule has 0 bridgehead atoms. The third-order valence-electron chi connectivity index (χ3n) is 9.27. The summed E-state index contributed by atoms with van der Waals surface area (Å²) >= 11 is 0. The van der Waals surface area contributed by atoms with E-state index in [-0.39, 0.29) is 16.9 Å². The Kier molecular flexibility index (Phi) is 3.81. The van der Waals surface area contributed by atoms with Crippen LogP contribution in [0, 0.1) is 34.5 Å². The average Bonchev–Trinajstić information content (AvgIpc) is 3.21. The van der Waals surface area contributed by atoms with Crippen LogP contribution < -0.4 is 0 Å². The maximum atomic E-state index is 10.2. The molecule has 5 heteroatoms. The summed E-state index contributed by atoms with van der Waals surface area (Å²) in [7, 11) is 0. The Balaban J connectivity index is 1.54. The summed E-state index contributed by atoms with van der Waals surface area (Å²) in [5, 5.41) is 24.1. The van der Waals surface area contributed by atoms with Crippen molar-refractivity contribution in [3.63, 3.8) is 0 Å². The van der Waals surface area contributed by atoms with Crippen LogP contribution in [0.25, 0.3) is 0 Å². The fraction of sp³-hybridized carbons (Fsp3) is 0.952. The lowest BCUT2D eigenvalue weighted by Crippen LogP contribution is -2.60. The molecular weight excluding hydrogens is 330 g/mol. The predicted octanol–water partition coefficient (Wildman–Crippen LogP) is 3.57. The van der Waals surface area contributed by atoms with E-state index in [9.17, 15) is 10.3 Å². The summed E-state index contributed by atoms with van der Waals surface area (Å²) in [4.78, 5) is 0. The molecule has 7 atom stereocenters. The highest BCUT2D eigenvalue weighted by Gasteiger charge is 2.69. The Morgan fingerprint density at radius 3 is 2.54 bits per heavy atom. The smallest absolute Gasteiger partial charge is 0.174 e. The summed E-state index contributed by atoms with van der Waals surface area (Å²) in [5.41, 5.74) is 1.03. The van der Waals surface area contributed by atoms with E-state index in [1.54, 1.807) is 0 Å². The molecule has 1 saturated heterocycles. The van der Waals surface area contributed by atoms with Gasteiger partial charge in [-0.25, -0.2) is 0 Å². The van der Waals surface area contributed by atoms with Crippen molar-refractivity contribution in [3.05, 3.63) is 0 Å². The first-order valence-corrected chi connectivity index (χ1v) is 10.6. The first-order chi connectivity index (χ1) is 12.4. The molecule has 1 heterocycles. The zero-order valence-corrected chi connectivity index (χ0v) is 16.1. The van der Waals surface area contributed by atoms with Crippen molar-refractivity contribution in [2.75, 3.05) is 13.2 Å². The lowest BCUT2D eigenvalue weighted by molar-refractivity contribution is -0.233. The molecule has 5 nitrogen and oxygen atoms in total. The molecule has 1 aliphatic heterocycles. The number of hydrogen-bond donors (Lipinski definition) is 2. The molecule has 0 amide bonds. The van der Waals surface area contributed by atoms with E-state index in [0.29, 0.717) is 36.9 Å². The van der Waals surface area contributed by atoms with Crippen LogP contribution in [0.3, 0.4) is 0 Å². The van der Waals surface area contributed by atoms with E-state index in [1.165, 1.54) is 12.8 Å². The summed E-state index contributed by atoms with van der Waals surface area (Å²) in [6.07, 6.45) is 7.95. The van der Waals surface area contributed by atoms with Gasteiger partial charge in [0.25, 0.3) is 0 Å². The second-order valence-electron chi connectivity index (χ2n) is 10.1. The van der Waals surface area contributed by atoms with Gasteiger partial charge in [0.1, 0.15) is 0 Å². The summed E-state index contributed by atoms with van der Waals surface area (Å²) < 4.78 is 12.4. The number of ether oxygens (including phenoxy) is 2. The van der Waals surface area contributed by atoms with Crippen molar-refractivity contribution in [3.8, 4) is 0 Å². The number of aliphatic hydroxyl groups excluding tert-OH is 1. The highest BCUT2D eigenvalue weighted by Crippen LogP contribution is 2.68. The van der Waals surface area contributed by atoms with Crippen LogP contribution in [0.5, 0.6) is 0 Å². The molecule has 0 aromatic rings. The third kappa shape index (κ3) is 2.05. The number of oxime groups is 1. The fourth-order valence-corrected chi connectivity index (χ4v) is 8.06. The lowest BCUT2D eigenvalue weighted by atomic mass is 9.44. The van der Waals surface area contributed by atoms with Crippen LogP contribution in [0.2, 0.25) is 0 Å². The monoisotopic (exact) mass is 363 g/mol. The second-order valence-corrected chi connectivity index (χ2v) is 10.1. The molecule has 2 N–H and O–H groups in total. The Morgan fingerprint density at radius 1 is 1.04 bits per heavy atom. The van der Waals surface area contributed by atoms with E-state index in [0.717, 1.165) is 44.2 Å². The average molecular weight is 363 g/mol. The molecule has 0 unspecified atom stereocenters. The van der Waals surface area contributed by atoms with Gasteiger partial charge < -0.3 is 19.8 Å².